The highest BCUT2D eigenvalue weighted by Crippen LogP contribution is 2.67. The van der Waals surface area contributed by atoms with Crippen molar-refractivity contribution < 1.29 is 8.95 Å². The van der Waals surface area contributed by atoms with Gasteiger partial charge in [0, 0.05) is 11.6 Å². The fourth-order valence-corrected chi connectivity index (χ4v) is 6.94. The first-order chi connectivity index (χ1) is 13.4. The lowest BCUT2D eigenvalue weighted by Crippen LogP contribution is -2.43. The van der Waals surface area contributed by atoms with Gasteiger partial charge in [-0.05, 0) is 35.3 Å². The first-order valence-corrected chi connectivity index (χ1v) is 11.3. The van der Waals surface area contributed by atoms with Crippen LogP contribution >= 0.6 is 0 Å². The van der Waals surface area contributed by atoms with Gasteiger partial charge in [-0.15, -0.1) is 0 Å². The van der Waals surface area contributed by atoms with Gasteiger partial charge in [0.1, 0.15) is 11.0 Å². The van der Waals surface area contributed by atoms with Crippen LogP contribution in [-0.2, 0) is 22.3 Å². The topological polar surface area (TPSA) is 38.7 Å². The molecule has 0 radical (unpaired) electrons. The normalized spacial score (nSPS) is 32.0. The minimum Gasteiger partial charge on any atom is -0.372 e. The van der Waals surface area contributed by atoms with E-state index in [4.69, 9.17) is 4.74 Å². The quantitative estimate of drug-likeness (QED) is 0.632. The summed E-state index contributed by atoms with van der Waals surface area (Å²) in [7, 11) is -1.31. The molecule has 0 saturated heterocycles. The lowest BCUT2D eigenvalue weighted by atomic mass is 9.70. The maximum absolute atomic E-state index is 13.3. The van der Waals surface area contributed by atoms with Crippen LogP contribution < -0.4 is 0 Å². The van der Waals surface area contributed by atoms with Crippen LogP contribution in [-0.4, -0.2) is 21.8 Å². The summed E-state index contributed by atoms with van der Waals surface area (Å²) >= 11 is 0. The van der Waals surface area contributed by atoms with E-state index in [1.165, 1.54) is 0 Å². The molecule has 2 aromatic carbocycles. The van der Waals surface area contributed by atoms with Crippen molar-refractivity contribution >= 4 is 17.2 Å². The SMILES string of the molecule is CC1(C)[C@@H]2CC[C@@]1(C)[C@H](OCc1ccccc1)[C@@H]2[S@@](=O)/N=C/c1ccccc1. The molecule has 2 bridgehead atoms. The van der Waals surface area contributed by atoms with Gasteiger partial charge in [0.15, 0.2) is 0 Å². The predicted molar refractivity (Wildman–Crippen MR) is 116 cm³/mol. The van der Waals surface area contributed by atoms with E-state index >= 15 is 0 Å². The molecule has 4 heteroatoms. The fourth-order valence-electron chi connectivity index (χ4n) is 5.23. The Bertz CT molecular complexity index is 865. The van der Waals surface area contributed by atoms with E-state index < -0.39 is 11.0 Å². The Morgan fingerprint density at radius 2 is 1.71 bits per heavy atom. The van der Waals surface area contributed by atoms with Crippen LogP contribution in [0.25, 0.3) is 0 Å². The summed E-state index contributed by atoms with van der Waals surface area (Å²) in [6.07, 6.45) is 3.92. The molecule has 2 aliphatic rings. The molecule has 4 rings (SSSR count). The van der Waals surface area contributed by atoms with E-state index in [-0.39, 0.29) is 22.2 Å². The number of rotatable bonds is 6. The summed E-state index contributed by atoms with van der Waals surface area (Å²) in [5.74, 6) is 0.368. The van der Waals surface area contributed by atoms with E-state index in [2.05, 4.69) is 37.3 Å². The fraction of sp³-hybridized carbons (Fsp3) is 0.458. The van der Waals surface area contributed by atoms with Gasteiger partial charge in [-0.3, -0.25) is 0 Å². The summed E-state index contributed by atoms with van der Waals surface area (Å²) in [4.78, 5) is 0. The van der Waals surface area contributed by atoms with Crippen molar-refractivity contribution in [3.63, 3.8) is 0 Å². The maximum atomic E-state index is 13.3. The number of hydrogen-bond donors (Lipinski definition) is 0. The molecule has 0 amide bonds. The first kappa shape index (κ1) is 19.5. The number of ether oxygens (including phenoxy) is 1. The molecule has 0 heterocycles. The second-order valence-corrected chi connectivity index (χ2v) is 10.2. The molecule has 148 valence electrons. The van der Waals surface area contributed by atoms with Gasteiger partial charge in [-0.2, -0.15) is 4.40 Å². The van der Waals surface area contributed by atoms with Crippen LogP contribution in [0.1, 0.15) is 44.7 Å². The van der Waals surface area contributed by atoms with E-state index in [9.17, 15) is 4.21 Å². The molecule has 2 aromatic rings. The van der Waals surface area contributed by atoms with Crippen LogP contribution in [0.3, 0.4) is 0 Å². The van der Waals surface area contributed by atoms with E-state index in [1.807, 2.05) is 48.5 Å². The zero-order valence-electron chi connectivity index (χ0n) is 16.9. The summed E-state index contributed by atoms with van der Waals surface area (Å²) in [5, 5.41) is -0.0579. The van der Waals surface area contributed by atoms with E-state index in [1.54, 1.807) is 6.21 Å². The number of nitrogens with zero attached hydrogens (tertiary/aromatic N) is 1. The van der Waals surface area contributed by atoms with E-state index in [0.29, 0.717) is 12.5 Å². The molecule has 3 nitrogen and oxygen atoms in total. The van der Waals surface area contributed by atoms with Crippen molar-refractivity contribution in [1.29, 1.82) is 0 Å². The average molecular weight is 396 g/mol. The Labute approximate surface area is 170 Å². The highest BCUT2D eigenvalue weighted by molar-refractivity contribution is 7.84. The molecule has 2 aliphatic carbocycles. The van der Waals surface area contributed by atoms with Crippen LogP contribution in [0.4, 0.5) is 0 Å². The van der Waals surface area contributed by atoms with Crippen LogP contribution in [0.15, 0.2) is 65.1 Å². The second kappa shape index (κ2) is 7.57. The molecular formula is C24H29NO2S. The maximum Gasteiger partial charge on any atom is 0.145 e. The number of hydrogen-bond acceptors (Lipinski definition) is 2. The third kappa shape index (κ3) is 3.27. The lowest BCUT2D eigenvalue weighted by molar-refractivity contribution is -0.0530. The monoisotopic (exact) mass is 395 g/mol. The third-order valence-corrected chi connectivity index (χ3v) is 8.66. The summed E-state index contributed by atoms with van der Waals surface area (Å²) < 4.78 is 24.2. The third-order valence-electron chi connectivity index (χ3n) is 7.31. The standard InChI is InChI=1S/C24H29NO2S/c1-23(2)20-14-15-24(23,3)22(27-17-19-12-8-5-9-13-19)21(20)28(26)25-16-18-10-6-4-7-11-18/h4-13,16,20-22H,14-15,17H2,1-3H3/b25-16+/t20-,21-,22-,24+,28-/m1/s1. The second-order valence-electron chi connectivity index (χ2n) is 8.89. The van der Waals surface area contributed by atoms with Crippen molar-refractivity contribution in [1.82, 2.24) is 0 Å². The minimum absolute atomic E-state index is 0.0229. The predicted octanol–water partition coefficient (Wildman–Crippen LogP) is 5.18. The van der Waals surface area contributed by atoms with Gasteiger partial charge in [-0.1, -0.05) is 81.4 Å². The van der Waals surface area contributed by atoms with Crippen molar-refractivity contribution in [3.05, 3.63) is 71.8 Å². The van der Waals surface area contributed by atoms with E-state index in [0.717, 1.165) is 24.0 Å². The minimum atomic E-state index is -1.31. The molecule has 0 N–H and O–H groups in total. The largest absolute Gasteiger partial charge is 0.372 e. The smallest absolute Gasteiger partial charge is 0.145 e. The molecular weight excluding hydrogens is 366 g/mol. The Morgan fingerprint density at radius 3 is 2.39 bits per heavy atom. The van der Waals surface area contributed by atoms with Crippen molar-refractivity contribution in [3.8, 4) is 0 Å². The Morgan fingerprint density at radius 1 is 1.07 bits per heavy atom. The Kier molecular flexibility index (Phi) is 5.28. The average Bonchev–Trinajstić information content (AvgIpc) is 3.04. The zero-order valence-corrected chi connectivity index (χ0v) is 17.7. The van der Waals surface area contributed by atoms with Gasteiger partial charge < -0.3 is 4.74 Å². The van der Waals surface area contributed by atoms with Crippen molar-refractivity contribution in [2.24, 2.45) is 21.1 Å². The van der Waals surface area contributed by atoms with Crippen molar-refractivity contribution in [2.45, 2.75) is 51.6 Å². The number of fused-ring (bicyclic) bond motifs is 2. The highest BCUT2D eigenvalue weighted by Gasteiger charge is 2.68. The zero-order chi connectivity index (χ0) is 19.8. The Hall–Kier alpha value is -1.78. The molecule has 0 spiro atoms. The molecule has 0 aliphatic heterocycles. The van der Waals surface area contributed by atoms with Crippen molar-refractivity contribution in [2.75, 3.05) is 0 Å². The van der Waals surface area contributed by atoms with Gasteiger partial charge in [0.2, 0.25) is 0 Å². The van der Waals surface area contributed by atoms with Gasteiger partial charge in [-0.25, -0.2) is 4.21 Å². The van der Waals surface area contributed by atoms with Crippen LogP contribution in [0, 0.1) is 16.7 Å². The van der Waals surface area contributed by atoms with Crippen LogP contribution in [0.2, 0.25) is 0 Å². The molecule has 2 fully saturated rings. The van der Waals surface area contributed by atoms with Gasteiger partial charge in [0.05, 0.1) is 18.0 Å². The summed E-state index contributed by atoms with van der Waals surface area (Å²) in [6.45, 7) is 7.52. The molecule has 5 atom stereocenters. The lowest BCUT2D eigenvalue weighted by Gasteiger charge is -2.39. The first-order valence-electron chi connectivity index (χ1n) is 10.1. The highest BCUT2D eigenvalue weighted by atomic mass is 32.2. The summed E-state index contributed by atoms with van der Waals surface area (Å²) in [5.41, 5.74) is 2.25. The molecule has 0 aromatic heterocycles. The molecule has 0 unspecified atom stereocenters. The van der Waals surface area contributed by atoms with Gasteiger partial charge >= 0.3 is 0 Å². The van der Waals surface area contributed by atoms with Crippen LogP contribution in [0.5, 0.6) is 0 Å². The Balaban J connectivity index is 1.58. The summed E-state index contributed by atoms with van der Waals surface area (Å²) in [6, 6.07) is 20.1. The number of benzene rings is 2. The molecule has 2 saturated carbocycles. The molecule has 28 heavy (non-hydrogen) atoms. The van der Waals surface area contributed by atoms with Gasteiger partial charge in [0.25, 0.3) is 0 Å².